The van der Waals surface area contributed by atoms with E-state index in [2.05, 4.69) is 34.9 Å². The van der Waals surface area contributed by atoms with Crippen LogP contribution in [0.4, 0.5) is 4.79 Å². The summed E-state index contributed by atoms with van der Waals surface area (Å²) in [6, 6.07) is 15.3. The zero-order chi connectivity index (χ0) is 23.4. The molecule has 3 N–H and O–H groups in total. The number of benzene rings is 2. The van der Waals surface area contributed by atoms with E-state index >= 15 is 0 Å². The Balaban J connectivity index is 1.27. The predicted octanol–water partition coefficient (Wildman–Crippen LogP) is 3.84. The molecule has 7 heteroatoms. The number of hydrogen-bond donors (Lipinski definition) is 3. The molecule has 2 amide bonds. The van der Waals surface area contributed by atoms with Crippen molar-refractivity contribution in [1.29, 1.82) is 0 Å². The first-order valence-electron chi connectivity index (χ1n) is 11.2. The number of carbonyl (C=O) groups is 3. The number of hydrogen-bond acceptors (Lipinski definition) is 4. The van der Waals surface area contributed by atoms with Gasteiger partial charge in [-0.25, -0.2) is 9.59 Å². The molecule has 7 nitrogen and oxygen atoms in total. The quantitative estimate of drug-likeness (QED) is 0.506. The Morgan fingerprint density at radius 2 is 1.67 bits per heavy atom. The van der Waals surface area contributed by atoms with E-state index in [0.29, 0.717) is 17.9 Å². The second-order valence-electron chi connectivity index (χ2n) is 8.64. The van der Waals surface area contributed by atoms with Crippen LogP contribution in [-0.2, 0) is 14.3 Å². The average Bonchev–Trinajstić information content (AvgIpc) is 3.57. The lowest BCUT2D eigenvalue weighted by molar-refractivity contribution is -0.141. The number of fused-ring (bicyclic) bond motifs is 3. The third-order valence-corrected chi connectivity index (χ3v) is 6.23. The van der Waals surface area contributed by atoms with Gasteiger partial charge >= 0.3 is 12.1 Å². The van der Waals surface area contributed by atoms with Crippen LogP contribution in [0.5, 0.6) is 0 Å². The van der Waals surface area contributed by atoms with Crippen LogP contribution in [0.1, 0.15) is 43.2 Å². The third-order valence-electron chi connectivity index (χ3n) is 6.23. The van der Waals surface area contributed by atoms with Crippen molar-refractivity contribution < 1.29 is 24.2 Å². The lowest BCUT2D eigenvalue weighted by atomic mass is 9.98. The zero-order valence-corrected chi connectivity index (χ0v) is 18.5. The molecule has 172 valence electrons. The Labute approximate surface area is 192 Å². The number of nitrogens with one attached hydrogen (secondary N) is 2. The maximum Gasteiger partial charge on any atom is 0.407 e. The number of carbonyl (C=O) groups excluding carboxylic acids is 2. The SMILES string of the molecule is C/C(=C\CNC(=O)OCC1c2ccccc2-c2ccccc21)C(=O)N[C@@H](CC1CC1)C(=O)O. The van der Waals surface area contributed by atoms with Gasteiger partial charge < -0.3 is 20.5 Å². The molecule has 2 aromatic rings. The molecule has 2 aromatic carbocycles. The number of carboxylic acid groups (broad SMARTS) is 1. The first kappa shape index (κ1) is 22.6. The van der Waals surface area contributed by atoms with Crippen molar-refractivity contribution in [2.75, 3.05) is 13.2 Å². The van der Waals surface area contributed by atoms with Crippen LogP contribution in [0.25, 0.3) is 11.1 Å². The summed E-state index contributed by atoms with van der Waals surface area (Å²) in [5.74, 6) is -1.12. The van der Waals surface area contributed by atoms with Crippen molar-refractivity contribution in [1.82, 2.24) is 10.6 Å². The van der Waals surface area contributed by atoms with Crippen molar-refractivity contribution in [3.05, 3.63) is 71.3 Å². The Morgan fingerprint density at radius 1 is 1.06 bits per heavy atom. The highest BCUT2D eigenvalue weighted by Gasteiger charge is 2.31. The summed E-state index contributed by atoms with van der Waals surface area (Å²) in [5, 5.41) is 14.5. The number of ether oxygens (including phenoxy) is 1. The van der Waals surface area contributed by atoms with E-state index in [0.717, 1.165) is 35.1 Å². The first-order chi connectivity index (χ1) is 15.9. The van der Waals surface area contributed by atoms with Gasteiger partial charge in [0.2, 0.25) is 5.91 Å². The highest BCUT2D eigenvalue weighted by molar-refractivity contribution is 5.95. The van der Waals surface area contributed by atoms with Gasteiger partial charge in [-0.3, -0.25) is 4.79 Å². The number of alkyl carbamates (subject to hydrolysis) is 1. The summed E-state index contributed by atoms with van der Waals surface area (Å²) in [5.41, 5.74) is 4.94. The monoisotopic (exact) mass is 448 g/mol. The normalized spacial score (nSPS) is 15.8. The van der Waals surface area contributed by atoms with Gasteiger partial charge in [-0.05, 0) is 41.5 Å². The van der Waals surface area contributed by atoms with E-state index in [4.69, 9.17) is 4.74 Å². The number of aliphatic carboxylic acids is 1. The molecule has 1 atom stereocenters. The summed E-state index contributed by atoms with van der Waals surface area (Å²) in [7, 11) is 0. The molecule has 4 rings (SSSR count). The average molecular weight is 449 g/mol. The van der Waals surface area contributed by atoms with Gasteiger partial charge in [0, 0.05) is 18.0 Å². The van der Waals surface area contributed by atoms with Gasteiger partial charge in [0.1, 0.15) is 12.6 Å². The van der Waals surface area contributed by atoms with Gasteiger partial charge in [0.15, 0.2) is 0 Å². The fraction of sp³-hybridized carbons (Fsp3) is 0.346. The fourth-order valence-corrected chi connectivity index (χ4v) is 4.21. The van der Waals surface area contributed by atoms with E-state index in [1.807, 2.05) is 24.3 Å². The standard InChI is InChI=1S/C26H28N2O5/c1-16(24(29)28-23(25(30)31)14-17-10-11-17)12-13-27-26(32)33-15-22-20-8-4-2-6-18(20)19-7-3-5-9-21(19)22/h2-9,12,17,22-23H,10-11,13-15H2,1H3,(H,27,32)(H,28,29)(H,30,31)/b16-12+/t23-/m0/s1. The Bertz CT molecular complexity index is 1040. The van der Waals surface area contributed by atoms with Crippen LogP contribution in [0, 0.1) is 5.92 Å². The number of rotatable bonds is 9. The summed E-state index contributed by atoms with van der Waals surface area (Å²) < 4.78 is 5.47. The number of carboxylic acids is 1. The van der Waals surface area contributed by atoms with Gasteiger partial charge in [-0.15, -0.1) is 0 Å². The topological polar surface area (TPSA) is 105 Å². The minimum absolute atomic E-state index is 0.0226. The zero-order valence-electron chi connectivity index (χ0n) is 18.5. The van der Waals surface area contributed by atoms with E-state index < -0.39 is 24.0 Å². The minimum Gasteiger partial charge on any atom is -0.480 e. The lowest BCUT2D eigenvalue weighted by Gasteiger charge is -2.15. The molecule has 1 fully saturated rings. The van der Waals surface area contributed by atoms with E-state index in [-0.39, 0.29) is 19.1 Å². The Kier molecular flexibility index (Phi) is 6.77. The molecule has 0 bridgehead atoms. The molecule has 0 heterocycles. The summed E-state index contributed by atoms with van der Waals surface area (Å²) in [6.07, 6.45) is 3.45. The number of amides is 2. The molecule has 1 saturated carbocycles. The van der Waals surface area contributed by atoms with Crippen LogP contribution in [0.2, 0.25) is 0 Å². The Morgan fingerprint density at radius 3 is 2.24 bits per heavy atom. The molecule has 2 aliphatic rings. The molecular formula is C26H28N2O5. The second-order valence-corrected chi connectivity index (χ2v) is 8.64. The van der Waals surface area contributed by atoms with Crippen molar-refractivity contribution in [3.63, 3.8) is 0 Å². The van der Waals surface area contributed by atoms with Crippen LogP contribution in [0.15, 0.2) is 60.2 Å². The third kappa shape index (κ3) is 5.42. The van der Waals surface area contributed by atoms with Crippen LogP contribution >= 0.6 is 0 Å². The molecule has 0 spiro atoms. The fourth-order valence-electron chi connectivity index (χ4n) is 4.21. The minimum atomic E-state index is -1.03. The molecule has 0 aromatic heterocycles. The van der Waals surface area contributed by atoms with Crippen molar-refractivity contribution in [2.24, 2.45) is 5.92 Å². The van der Waals surface area contributed by atoms with Gasteiger partial charge in [-0.2, -0.15) is 0 Å². The van der Waals surface area contributed by atoms with E-state index in [1.165, 1.54) is 0 Å². The smallest absolute Gasteiger partial charge is 0.407 e. The van der Waals surface area contributed by atoms with Gasteiger partial charge in [0.05, 0.1) is 0 Å². The Hall–Kier alpha value is -3.61. The predicted molar refractivity (Wildman–Crippen MR) is 124 cm³/mol. The van der Waals surface area contributed by atoms with Crippen molar-refractivity contribution in [2.45, 2.75) is 38.1 Å². The largest absolute Gasteiger partial charge is 0.480 e. The van der Waals surface area contributed by atoms with Crippen LogP contribution < -0.4 is 10.6 Å². The molecule has 0 aliphatic heterocycles. The molecule has 2 aliphatic carbocycles. The van der Waals surface area contributed by atoms with Crippen molar-refractivity contribution >= 4 is 18.0 Å². The highest BCUT2D eigenvalue weighted by atomic mass is 16.5. The molecular weight excluding hydrogens is 420 g/mol. The van der Waals surface area contributed by atoms with Crippen LogP contribution in [-0.4, -0.2) is 42.3 Å². The van der Waals surface area contributed by atoms with Gasteiger partial charge in [0.25, 0.3) is 0 Å². The van der Waals surface area contributed by atoms with E-state index in [1.54, 1.807) is 13.0 Å². The molecule has 0 radical (unpaired) electrons. The lowest BCUT2D eigenvalue weighted by Crippen LogP contribution is -2.41. The van der Waals surface area contributed by atoms with E-state index in [9.17, 15) is 19.5 Å². The summed E-state index contributed by atoms with van der Waals surface area (Å²) >= 11 is 0. The molecule has 33 heavy (non-hydrogen) atoms. The first-order valence-corrected chi connectivity index (χ1v) is 11.2. The van der Waals surface area contributed by atoms with Crippen molar-refractivity contribution in [3.8, 4) is 11.1 Å². The second kappa shape index (κ2) is 9.90. The van der Waals surface area contributed by atoms with Crippen LogP contribution in [0.3, 0.4) is 0 Å². The molecule has 0 saturated heterocycles. The highest BCUT2D eigenvalue weighted by Crippen LogP contribution is 2.44. The maximum atomic E-state index is 12.3. The summed E-state index contributed by atoms with van der Waals surface area (Å²) in [6.45, 7) is 1.91. The maximum absolute atomic E-state index is 12.3. The molecule has 0 unspecified atom stereocenters. The summed E-state index contributed by atoms with van der Waals surface area (Å²) in [4.78, 5) is 35.9. The van der Waals surface area contributed by atoms with Gasteiger partial charge in [-0.1, -0.05) is 67.4 Å².